The van der Waals surface area contributed by atoms with E-state index in [1.54, 1.807) is 6.21 Å². The Bertz CT molecular complexity index is 796. The van der Waals surface area contributed by atoms with Crippen molar-refractivity contribution in [2.24, 2.45) is 5.10 Å². The predicted octanol–water partition coefficient (Wildman–Crippen LogP) is 5.91. The second-order valence-electron chi connectivity index (χ2n) is 5.34. The minimum absolute atomic E-state index is 0.587. The highest BCUT2D eigenvalue weighted by Gasteiger charge is 2.08. The van der Waals surface area contributed by atoms with Gasteiger partial charge in [-0.15, -0.1) is 0 Å². The first-order valence-electron chi connectivity index (χ1n) is 8.14. The molecule has 0 fully saturated rings. The summed E-state index contributed by atoms with van der Waals surface area (Å²) in [5.41, 5.74) is 2.79. The third kappa shape index (κ3) is 4.40. The van der Waals surface area contributed by atoms with E-state index >= 15 is 0 Å². The molecular formula is C21H19ClN2O. The molecule has 3 aromatic carbocycles. The van der Waals surface area contributed by atoms with Crippen molar-refractivity contribution in [1.29, 1.82) is 0 Å². The largest absolute Gasteiger partial charge is 0.493 e. The highest BCUT2D eigenvalue weighted by atomic mass is 35.5. The molecule has 0 aromatic heterocycles. The molecule has 0 unspecified atom stereocenters. The van der Waals surface area contributed by atoms with Crippen LogP contribution in [0.25, 0.3) is 0 Å². The molecular weight excluding hydrogens is 332 g/mol. The third-order valence-corrected chi connectivity index (χ3v) is 3.82. The molecule has 25 heavy (non-hydrogen) atoms. The van der Waals surface area contributed by atoms with Gasteiger partial charge in [-0.25, -0.2) is 5.01 Å². The van der Waals surface area contributed by atoms with E-state index in [0.717, 1.165) is 22.7 Å². The molecule has 0 saturated heterocycles. The molecule has 0 aliphatic heterocycles. The van der Waals surface area contributed by atoms with Crippen LogP contribution in [0.4, 0.5) is 11.4 Å². The van der Waals surface area contributed by atoms with Crippen molar-refractivity contribution >= 4 is 29.2 Å². The zero-order valence-corrected chi connectivity index (χ0v) is 14.7. The number of halogens is 1. The van der Waals surface area contributed by atoms with Crippen molar-refractivity contribution in [3.8, 4) is 5.75 Å². The van der Waals surface area contributed by atoms with Crippen molar-refractivity contribution in [2.75, 3.05) is 11.6 Å². The molecule has 0 bridgehead atoms. The molecule has 126 valence electrons. The predicted molar refractivity (Wildman–Crippen MR) is 105 cm³/mol. The van der Waals surface area contributed by atoms with Crippen LogP contribution in [0.1, 0.15) is 12.5 Å². The molecule has 3 aromatic rings. The summed E-state index contributed by atoms with van der Waals surface area (Å²) >= 11 is 6.14. The molecule has 0 radical (unpaired) electrons. The SMILES string of the molecule is CCOc1ccc(Cl)cc1/C=N\N(c1ccccc1)c1ccccc1. The maximum Gasteiger partial charge on any atom is 0.128 e. The van der Waals surface area contributed by atoms with Crippen LogP contribution in [0.15, 0.2) is 84.0 Å². The van der Waals surface area contributed by atoms with Crippen molar-refractivity contribution in [1.82, 2.24) is 0 Å². The van der Waals surface area contributed by atoms with Gasteiger partial charge >= 0.3 is 0 Å². The Morgan fingerprint density at radius 2 is 1.52 bits per heavy atom. The van der Waals surface area contributed by atoms with Gasteiger partial charge in [0, 0.05) is 10.6 Å². The first-order chi connectivity index (χ1) is 12.3. The lowest BCUT2D eigenvalue weighted by molar-refractivity contribution is 0.340. The Hall–Kier alpha value is -2.78. The third-order valence-electron chi connectivity index (χ3n) is 3.59. The van der Waals surface area contributed by atoms with Crippen molar-refractivity contribution in [3.63, 3.8) is 0 Å². The van der Waals surface area contributed by atoms with Gasteiger partial charge in [-0.2, -0.15) is 5.10 Å². The quantitative estimate of drug-likeness (QED) is 0.407. The van der Waals surface area contributed by atoms with Crippen LogP contribution in [0.2, 0.25) is 5.02 Å². The van der Waals surface area contributed by atoms with Gasteiger partial charge in [-0.1, -0.05) is 48.0 Å². The molecule has 3 nitrogen and oxygen atoms in total. The first kappa shape index (κ1) is 17.1. The van der Waals surface area contributed by atoms with Crippen LogP contribution in [0, 0.1) is 0 Å². The van der Waals surface area contributed by atoms with Crippen LogP contribution in [-0.2, 0) is 0 Å². The van der Waals surface area contributed by atoms with E-state index in [-0.39, 0.29) is 0 Å². The van der Waals surface area contributed by atoms with E-state index in [4.69, 9.17) is 16.3 Å². The van der Waals surface area contributed by atoms with E-state index in [1.165, 1.54) is 0 Å². The highest BCUT2D eigenvalue weighted by Crippen LogP contribution is 2.26. The zero-order chi connectivity index (χ0) is 17.5. The van der Waals surface area contributed by atoms with Crippen LogP contribution < -0.4 is 9.75 Å². The minimum Gasteiger partial charge on any atom is -0.493 e. The first-order valence-corrected chi connectivity index (χ1v) is 8.52. The number of benzene rings is 3. The fraction of sp³-hybridized carbons (Fsp3) is 0.0952. The Labute approximate surface area is 153 Å². The van der Waals surface area contributed by atoms with Crippen molar-refractivity contribution < 1.29 is 4.74 Å². The van der Waals surface area contributed by atoms with E-state index < -0.39 is 0 Å². The molecule has 0 atom stereocenters. The van der Waals surface area contributed by atoms with Crippen molar-refractivity contribution in [3.05, 3.63) is 89.4 Å². The van der Waals surface area contributed by atoms with Crippen LogP contribution in [0.5, 0.6) is 5.75 Å². The number of hydrogen-bond donors (Lipinski definition) is 0. The zero-order valence-electron chi connectivity index (χ0n) is 14.0. The number of ether oxygens (including phenoxy) is 1. The maximum absolute atomic E-state index is 6.14. The molecule has 0 aliphatic carbocycles. The Morgan fingerprint density at radius 1 is 0.920 bits per heavy atom. The highest BCUT2D eigenvalue weighted by molar-refractivity contribution is 6.30. The summed E-state index contributed by atoms with van der Waals surface area (Å²) in [5.74, 6) is 0.761. The Kier molecular flexibility index (Phi) is 5.70. The lowest BCUT2D eigenvalue weighted by Crippen LogP contribution is -2.09. The normalized spacial score (nSPS) is 10.8. The van der Waals surface area contributed by atoms with Gasteiger partial charge < -0.3 is 4.74 Å². The second-order valence-corrected chi connectivity index (χ2v) is 5.78. The number of hydrazone groups is 1. The molecule has 0 amide bonds. The molecule has 0 N–H and O–H groups in total. The summed E-state index contributed by atoms with van der Waals surface area (Å²) in [6, 6.07) is 25.5. The molecule has 0 saturated carbocycles. The number of rotatable bonds is 6. The van der Waals surface area contributed by atoms with E-state index in [9.17, 15) is 0 Å². The molecule has 3 rings (SSSR count). The lowest BCUT2D eigenvalue weighted by Gasteiger charge is -2.19. The number of anilines is 2. The average Bonchev–Trinajstić information content (AvgIpc) is 2.66. The standard InChI is InChI=1S/C21H19ClN2O/c1-2-25-21-14-13-18(22)15-17(21)16-23-24(19-9-5-3-6-10-19)20-11-7-4-8-12-20/h3-16H,2H2,1H3/b23-16-. The fourth-order valence-electron chi connectivity index (χ4n) is 2.45. The van der Waals surface area contributed by atoms with Gasteiger partial charge in [0.2, 0.25) is 0 Å². The van der Waals surface area contributed by atoms with Gasteiger partial charge in [-0.05, 0) is 49.4 Å². The van der Waals surface area contributed by atoms with E-state index in [0.29, 0.717) is 11.6 Å². The summed E-state index contributed by atoms with van der Waals surface area (Å²) in [7, 11) is 0. The number of para-hydroxylation sites is 2. The summed E-state index contributed by atoms with van der Waals surface area (Å²) in [4.78, 5) is 0. The topological polar surface area (TPSA) is 24.8 Å². The van der Waals surface area contributed by atoms with Crippen molar-refractivity contribution in [2.45, 2.75) is 6.92 Å². The van der Waals surface area contributed by atoms with Crippen LogP contribution in [-0.4, -0.2) is 12.8 Å². The minimum atomic E-state index is 0.587. The summed E-state index contributed by atoms with van der Waals surface area (Å²) in [5, 5.41) is 7.22. The van der Waals surface area contributed by atoms with E-state index in [1.807, 2.05) is 90.8 Å². The van der Waals surface area contributed by atoms with Gasteiger partial charge in [0.15, 0.2) is 0 Å². The van der Waals surface area contributed by atoms with Gasteiger partial charge in [0.1, 0.15) is 5.75 Å². The number of nitrogens with zero attached hydrogens (tertiary/aromatic N) is 2. The molecule has 0 aliphatic rings. The molecule has 0 spiro atoms. The summed E-state index contributed by atoms with van der Waals surface area (Å²) in [6.45, 7) is 2.54. The molecule has 4 heteroatoms. The smallest absolute Gasteiger partial charge is 0.128 e. The maximum atomic E-state index is 6.14. The summed E-state index contributed by atoms with van der Waals surface area (Å²) in [6.07, 6.45) is 1.77. The van der Waals surface area contributed by atoms with Gasteiger partial charge in [-0.3, -0.25) is 0 Å². The fourth-order valence-corrected chi connectivity index (χ4v) is 2.63. The summed E-state index contributed by atoms with van der Waals surface area (Å²) < 4.78 is 5.67. The average molecular weight is 351 g/mol. The monoisotopic (exact) mass is 350 g/mol. The van der Waals surface area contributed by atoms with E-state index in [2.05, 4.69) is 5.10 Å². The van der Waals surface area contributed by atoms with Crippen LogP contribution in [0.3, 0.4) is 0 Å². The Morgan fingerprint density at radius 3 is 2.08 bits per heavy atom. The van der Waals surface area contributed by atoms with Crippen LogP contribution >= 0.6 is 11.6 Å². The Balaban J connectivity index is 1.99. The van der Waals surface area contributed by atoms with Gasteiger partial charge in [0.25, 0.3) is 0 Å². The van der Waals surface area contributed by atoms with Gasteiger partial charge in [0.05, 0.1) is 24.2 Å². The number of hydrogen-bond acceptors (Lipinski definition) is 3. The molecule has 0 heterocycles. The second kappa shape index (κ2) is 8.36. The lowest BCUT2D eigenvalue weighted by atomic mass is 10.2.